The van der Waals surface area contributed by atoms with Gasteiger partial charge in [-0.1, -0.05) is 26.7 Å². The molecule has 1 saturated carbocycles. The number of unbranched alkanes of at least 4 members (excludes halogenated alkanes) is 2. The lowest BCUT2D eigenvalue weighted by molar-refractivity contribution is 0.171. The summed E-state index contributed by atoms with van der Waals surface area (Å²) in [7, 11) is 0. The number of aliphatic hydroxyl groups excluding tert-OH is 1. The Labute approximate surface area is 101 Å². The van der Waals surface area contributed by atoms with Crippen molar-refractivity contribution in [3.05, 3.63) is 0 Å². The molecule has 0 aliphatic heterocycles. The summed E-state index contributed by atoms with van der Waals surface area (Å²) in [6, 6.07) is 0.858. The van der Waals surface area contributed by atoms with Gasteiger partial charge in [0.25, 0.3) is 0 Å². The summed E-state index contributed by atoms with van der Waals surface area (Å²) >= 11 is 0. The molecule has 1 aliphatic carbocycles. The first-order chi connectivity index (χ1) is 7.74. The maximum absolute atomic E-state index is 8.77. The minimum Gasteiger partial charge on any atom is -0.396 e. The Kier molecular flexibility index (Phi) is 7.06. The van der Waals surface area contributed by atoms with E-state index >= 15 is 0 Å². The highest BCUT2D eigenvalue weighted by molar-refractivity contribution is 4.78. The smallest absolute Gasteiger partial charge is 0.0431 e. The van der Waals surface area contributed by atoms with Gasteiger partial charge in [-0.2, -0.15) is 0 Å². The predicted octanol–water partition coefficient (Wildman–Crippen LogP) is 3.05. The molecule has 1 N–H and O–H groups in total. The summed E-state index contributed by atoms with van der Waals surface area (Å²) in [4.78, 5) is 2.70. The standard InChI is InChI=1S/C14H29NO/c1-13(2)12-15(10-6-3-7-11-16)14-8-4-5-9-14/h13-14,16H,3-12H2,1-2H3. The maximum Gasteiger partial charge on any atom is 0.0431 e. The topological polar surface area (TPSA) is 23.5 Å². The van der Waals surface area contributed by atoms with E-state index in [1.807, 2.05) is 0 Å². The van der Waals surface area contributed by atoms with Gasteiger partial charge < -0.3 is 10.0 Å². The van der Waals surface area contributed by atoms with E-state index in [0.717, 1.165) is 18.4 Å². The molecule has 16 heavy (non-hydrogen) atoms. The van der Waals surface area contributed by atoms with Crippen LogP contribution in [0.15, 0.2) is 0 Å². The summed E-state index contributed by atoms with van der Waals surface area (Å²) in [5.74, 6) is 0.776. The van der Waals surface area contributed by atoms with Crippen LogP contribution in [0.2, 0.25) is 0 Å². The van der Waals surface area contributed by atoms with Crippen molar-refractivity contribution in [1.29, 1.82) is 0 Å². The van der Waals surface area contributed by atoms with Gasteiger partial charge in [0.1, 0.15) is 0 Å². The second-order valence-corrected chi connectivity index (χ2v) is 5.61. The lowest BCUT2D eigenvalue weighted by atomic mass is 10.1. The highest BCUT2D eigenvalue weighted by atomic mass is 16.2. The number of rotatable bonds is 8. The van der Waals surface area contributed by atoms with Gasteiger partial charge >= 0.3 is 0 Å². The first-order valence-electron chi connectivity index (χ1n) is 7.09. The summed E-state index contributed by atoms with van der Waals surface area (Å²) < 4.78 is 0. The first-order valence-corrected chi connectivity index (χ1v) is 7.09. The van der Waals surface area contributed by atoms with Crippen molar-refractivity contribution in [1.82, 2.24) is 4.90 Å². The molecule has 0 aromatic carbocycles. The summed E-state index contributed by atoms with van der Waals surface area (Å²) in [5.41, 5.74) is 0. The SMILES string of the molecule is CC(C)CN(CCCCCO)C1CCCC1. The highest BCUT2D eigenvalue weighted by Crippen LogP contribution is 2.24. The molecule has 0 heterocycles. The van der Waals surface area contributed by atoms with Gasteiger partial charge in [0.2, 0.25) is 0 Å². The molecule has 0 atom stereocenters. The van der Waals surface area contributed by atoms with E-state index in [9.17, 15) is 0 Å². The minimum absolute atomic E-state index is 0.355. The summed E-state index contributed by atoms with van der Waals surface area (Å²) in [6.07, 6.45) is 9.08. The number of hydrogen-bond donors (Lipinski definition) is 1. The minimum atomic E-state index is 0.355. The molecule has 0 aromatic heterocycles. The molecule has 2 heteroatoms. The molecule has 0 radical (unpaired) electrons. The van der Waals surface area contributed by atoms with Gasteiger partial charge in [0.15, 0.2) is 0 Å². The van der Waals surface area contributed by atoms with E-state index in [2.05, 4.69) is 18.7 Å². The van der Waals surface area contributed by atoms with E-state index in [4.69, 9.17) is 5.11 Å². The third kappa shape index (κ3) is 5.31. The van der Waals surface area contributed by atoms with Gasteiger partial charge in [0, 0.05) is 19.2 Å². The average molecular weight is 227 g/mol. The Morgan fingerprint density at radius 2 is 1.81 bits per heavy atom. The quantitative estimate of drug-likeness (QED) is 0.644. The Balaban J connectivity index is 2.25. The molecule has 2 nitrogen and oxygen atoms in total. The molecule has 1 rings (SSSR count). The average Bonchev–Trinajstić information content (AvgIpc) is 2.75. The van der Waals surface area contributed by atoms with Crippen molar-refractivity contribution in [2.45, 2.75) is 64.8 Å². The van der Waals surface area contributed by atoms with E-state index in [0.29, 0.717) is 6.61 Å². The van der Waals surface area contributed by atoms with Crippen molar-refractivity contribution in [2.24, 2.45) is 5.92 Å². The molecule has 0 saturated heterocycles. The second-order valence-electron chi connectivity index (χ2n) is 5.61. The lowest BCUT2D eigenvalue weighted by Crippen LogP contribution is -2.37. The third-order valence-electron chi connectivity index (χ3n) is 3.54. The first kappa shape index (κ1) is 14.0. The fourth-order valence-electron chi connectivity index (χ4n) is 2.76. The van der Waals surface area contributed by atoms with Crippen LogP contribution in [0.4, 0.5) is 0 Å². The monoisotopic (exact) mass is 227 g/mol. The van der Waals surface area contributed by atoms with Gasteiger partial charge in [-0.25, -0.2) is 0 Å². The van der Waals surface area contributed by atoms with Crippen molar-refractivity contribution >= 4 is 0 Å². The zero-order valence-corrected chi connectivity index (χ0v) is 11.1. The molecule has 0 spiro atoms. The molecule has 96 valence electrons. The molecule has 0 aromatic rings. The summed E-state index contributed by atoms with van der Waals surface area (Å²) in [5, 5.41) is 8.77. The second kappa shape index (κ2) is 8.08. The van der Waals surface area contributed by atoms with Gasteiger partial charge in [-0.15, -0.1) is 0 Å². The number of aliphatic hydroxyl groups is 1. The molecule has 0 unspecified atom stereocenters. The van der Waals surface area contributed by atoms with E-state index in [-0.39, 0.29) is 0 Å². The Bertz CT molecular complexity index is 164. The van der Waals surface area contributed by atoms with Crippen LogP contribution in [0, 0.1) is 5.92 Å². The molecule has 0 amide bonds. The van der Waals surface area contributed by atoms with Gasteiger partial charge in [-0.3, -0.25) is 0 Å². The van der Waals surface area contributed by atoms with E-state index in [1.165, 1.54) is 51.6 Å². The van der Waals surface area contributed by atoms with Crippen molar-refractivity contribution in [3.8, 4) is 0 Å². The Morgan fingerprint density at radius 1 is 1.12 bits per heavy atom. The van der Waals surface area contributed by atoms with Crippen LogP contribution in [0.3, 0.4) is 0 Å². The van der Waals surface area contributed by atoms with Crippen LogP contribution in [-0.4, -0.2) is 35.7 Å². The van der Waals surface area contributed by atoms with Crippen LogP contribution in [0.1, 0.15) is 58.8 Å². The van der Waals surface area contributed by atoms with Gasteiger partial charge in [0.05, 0.1) is 0 Å². The molecular weight excluding hydrogens is 198 g/mol. The van der Waals surface area contributed by atoms with E-state index in [1.54, 1.807) is 0 Å². The van der Waals surface area contributed by atoms with Crippen molar-refractivity contribution in [3.63, 3.8) is 0 Å². The van der Waals surface area contributed by atoms with Gasteiger partial charge in [-0.05, 0) is 44.6 Å². The predicted molar refractivity (Wildman–Crippen MR) is 69.6 cm³/mol. The molecule has 1 fully saturated rings. The molecule has 0 bridgehead atoms. The van der Waals surface area contributed by atoms with Crippen molar-refractivity contribution < 1.29 is 5.11 Å². The molecule has 1 aliphatic rings. The highest BCUT2D eigenvalue weighted by Gasteiger charge is 2.22. The van der Waals surface area contributed by atoms with Crippen LogP contribution in [0.25, 0.3) is 0 Å². The lowest BCUT2D eigenvalue weighted by Gasteiger charge is -2.30. The fourth-order valence-corrected chi connectivity index (χ4v) is 2.76. The van der Waals surface area contributed by atoms with E-state index < -0.39 is 0 Å². The zero-order valence-electron chi connectivity index (χ0n) is 11.1. The fraction of sp³-hybridized carbons (Fsp3) is 1.00. The maximum atomic E-state index is 8.77. The Morgan fingerprint density at radius 3 is 2.38 bits per heavy atom. The number of hydrogen-bond acceptors (Lipinski definition) is 2. The number of nitrogens with zero attached hydrogens (tertiary/aromatic N) is 1. The zero-order chi connectivity index (χ0) is 11.8. The van der Waals surface area contributed by atoms with Crippen LogP contribution in [-0.2, 0) is 0 Å². The largest absolute Gasteiger partial charge is 0.396 e. The van der Waals surface area contributed by atoms with Crippen LogP contribution >= 0.6 is 0 Å². The third-order valence-corrected chi connectivity index (χ3v) is 3.54. The summed E-state index contributed by atoms with van der Waals surface area (Å²) in [6.45, 7) is 7.48. The molecular formula is C14H29NO. The van der Waals surface area contributed by atoms with Crippen LogP contribution < -0.4 is 0 Å². The van der Waals surface area contributed by atoms with Crippen molar-refractivity contribution in [2.75, 3.05) is 19.7 Å². The van der Waals surface area contributed by atoms with Crippen LogP contribution in [0.5, 0.6) is 0 Å². The Hall–Kier alpha value is -0.0800. The normalized spacial score (nSPS) is 17.8.